The van der Waals surface area contributed by atoms with Gasteiger partial charge in [-0.15, -0.1) is 10.2 Å². The first-order valence-electron chi connectivity index (χ1n) is 4.75. The molecule has 0 aliphatic heterocycles. The highest BCUT2D eigenvalue weighted by Gasteiger charge is 2.09. The molecule has 0 spiro atoms. The van der Waals surface area contributed by atoms with Crippen molar-refractivity contribution in [2.75, 3.05) is 0 Å². The Morgan fingerprint density at radius 2 is 2.06 bits per heavy atom. The predicted octanol–water partition coefficient (Wildman–Crippen LogP) is -0.720. The number of aromatic amines is 1. The summed E-state index contributed by atoms with van der Waals surface area (Å²) in [6.45, 7) is 1.12. The quantitative estimate of drug-likeness (QED) is 0.544. The zero-order valence-electron chi connectivity index (χ0n) is 9.20. The van der Waals surface area contributed by atoms with Gasteiger partial charge in [0.1, 0.15) is 5.75 Å². The average Bonchev–Trinajstić information content (AvgIpc) is 2.91. The van der Waals surface area contributed by atoms with Crippen molar-refractivity contribution in [3.63, 3.8) is 0 Å². The number of aromatic nitrogens is 5. The Morgan fingerprint density at radius 3 is 2.47 bits per heavy atom. The van der Waals surface area contributed by atoms with Gasteiger partial charge in [0.05, 0.1) is 18.9 Å². The Labute approximate surface area is 97.0 Å². The van der Waals surface area contributed by atoms with E-state index in [0.29, 0.717) is 16.8 Å². The van der Waals surface area contributed by atoms with Crippen molar-refractivity contribution in [1.82, 2.24) is 25.6 Å². The summed E-state index contributed by atoms with van der Waals surface area (Å²) >= 11 is 0. The fourth-order valence-corrected chi connectivity index (χ4v) is 1.13. The second kappa shape index (κ2) is 6.51. The van der Waals surface area contributed by atoms with Crippen LogP contribution >= 0.6 is 0 Å². The molecule has 0 unspecified atom stereocenters. The molecule has 2 aromatic heterocycles. The minimum atomic E-state index is -0.287. The number of hydrogen-bond acceptors (Lipinski definition) is 7. The minimum absolute atomic E-state index is 0.0379. The minimum Gasteiger partial charge on any atom is -0.506 e. The highest BCUT2D eigenvalue weighted by atomic mass is 16.3. The maximum absolute atomic E-state index is 9.38. The Hall–Kier alpha value is -2.06. The van der Waals surface area contributed by atoms with E-state index >= 15 is 0 Å². The molecule has 0 saturated heterocycles. The average molecular weight is 239 g/mol. The van der Waals surface area contributed by atoms with E-state index < -0.39 is 0 Å². The first-order chi connectivity index (χ1) is 8.20. The van der Waals surface area contributed by atoms with Gasteiger partial charge in [-0.2, -0.15) is 5.21 Å². The molecular weight excluding hydrogens is 226 g/mol. The van der Waals surface area contributed by atoms with Crippen molar-refractivity contribution in [3.8, 4) is 5.75 Å². The summed E-state index contributed by atoms with van der Waals surface area (Å²) in [5.41, 5.74) is 1.27. The van der Waals surface area contributed by atoms with Crippen molar-refractivity contribution in [3.05, 3.63) is 29.3 Å². The molecule has 0 aliphatic carbocycles. The van der Waals surface area contributed by atoms with E-state index in [0.717, 1.165) is 0 Å². The fraction of sp³-hybridized carbons (Fsp3) is 0.333. The van der Waals surface area contributed by atoms with Crippen LogP contribution in [0.3, 0.4) is 0 Å². The fourth-order valence-electron chi connectivity index (χ4n) is 1.13. The Balaban J connectivity index is 0.000000239. The van der Waals surface area contributed by atoms with Crippen LogP contribution in [0.2, 0.25) is 0 Å². The Kier molecular flexibility index (Phi) is 4.98. The second-order valence-corrected chi connectivity index (χ2v) is 3.07. The van der Waals surface area contributed by atoms with Gasteiger partial charge in [-0.3, -0.25) is 4.98 Å². The van der Waals surface area contributed by atoms with Crippen LogP contribution in [0.5, 0.6) is 5.75 Å². The van der Waals surface area contributed by atoms with Crippen molar-refractivity contribution in [2.45, 2.75) is 20.1 Å². The largest absolute Gasteiger partial charge is 0.506 e. The standard InChI is InChI=1S/C8H11NO3.CH2N4/c1-5-8(12)7(4-11)6(3-10)2-9-5;1-2-4-5-3-1/h2,10-12H,3-4H2,1H3;1H,(H,2,3,4,5). The number of nitrogens with one attached hydrogen (secondary N) is 1. The molecule has 2 heterocycles. The van der Waals surface area contributed by atoms with Crippen molar-refractivity contribution in [2.24, 2.45) is 0 Å². The van der Waals surface area contributed by atoms with Crippen molar-refractivity contribution in [1.29, 1.82) is 0 Å². The number of aliphatic hydroxyl groups excluding tert-OH is 2. The second-order valence-electron chi connectivity index (χ2n) is 3.07. The van der Waals surface area contributed by atoms with E-state index in [2.05, 4.69) is 25.6 Å². The molecule has 0 fully saturated rings. The van der Waals surface area contributed by atoms with Crippen LogP contribution in [0, 0.1) is 6.92 Å². The monoisotopic (exact) mass is 239 g/mol. The summed E-state index contributed by atoms with van der Waals surface area (Å²) in [6.07, 6.45) is 2.78. The van der Waals surface area contributed by atoms with Gasteiger partial charge in [0.2, 0.25) is 0 Å². The van der Waals surface area contributed by atoms with Crippen LogP contribution in [0.4, 0.5) is 0 Å². The van der Waals surface area contributed by atoms with E-state index in [1.54, 1.807) is 6.92 Å². The first-order valence-corrected chi connectivity index (χ1v) is 4.75. The molecule has 0 saturated carbocycles. The van der Waals surface area contributed by atoms with Gasteiger partial charge >= 0.3 is 0 Å². The molecule has 4 N–H and O–H groups in total. The zero-order chi connectivity index (χ0) is 12.7. The third-order valence-corrected chi connectivity index (χ3v) is 2.03. The molecule has 2 rings (SSSR count). The number of aromatic hydroxyl groups is 1. The molecule has 2 aromatic rings. The number of hydrogen-bond donors (Lipinski definition) is 4. The number of aryl methyl sites for hydroxylation is 1. The number of pyridine rings is 1. The lowest BCUT2D eigenvalue weighted by Crippen LogP contribution is -1.98. The number of rotatable bonds is 2. The lowest BCUT2D eigenvalue weighted by molar-refractivity contribution is 0.254. The molecule has 0 atom stereocenters. The van der Waals surface area contributed by atoms with Crippen molar-refractivity contribution >= 4 is 0 Å². The SMILES string of the molecule is Cc1ncc(CO)c(CO)c1O.c1nn[nH]n1. The Morgan fingerprint density at radius 1 is 1.29 bits per heavy atom. The molecule has 8 nitrogen and oxygen atoms in total. The van der Waals surface area contributed by atoms with Crippen molar-refractivity contribution < 1.29 is 15.3 Å². The smallest absolute Gasteiger partial charge is 0.161 e. The number of H-pyrrole nitrogens is 1. The lowest BCUT2D eigenvalue weighted by Gasteiger charge is -2.07. The summed E-state index contributed by atoms with van der Waals surface area (Å²) in [5, 5.41) is 39.2. The van der Waals surface area contributed by atoms with Gasteiger partial charge < -0.3 is 15.3 Å². The summed E-state index contributed by atoms with van der Waals surface area (Å²) in [4.78, 5) is 3.84. The number of tetrazole rings is 1. The van der Waals surface area contributed by atoms with Crippen LogP contribution < -0.4 is 0 Å². The molecule has 0 radical (unpaired) electrons. The highest BCUT2D eigenvalue weighted by Crippen LogP contribution is 2.23. The zero-order valence-corrected chi connectivity index (χ0v) is 9.20. The van der Waals surface area contributed by atoms with Crippen LogP contribution in [-0.2, 0) is 13.2 Å². The van der Waals surface area contributed by atoms with Crippen LogP contribution in [0.15, 0.2) is 12.5 Å². The van der Waals surface area contributed by atoms with Gasteiger partial charge in [0, 0.05) is 17.3 Å². The maximum Gasteiger partial charge on any atom is 0.161 e. The highest BCUT2D eigenvalue weighted by molar-refractivity contribution is 5.39. The third kappa shape index (κ3) is 3.47. The molecular formula is C9H13N5O3. The van der Waals surface area contributed by atoms with Crippen LogP contribution in [0.1, 0.15) is 16.8 Å². The summed E-state index contributed by atoms with van der Waals surface area (Å²) in [7, 11) is 0. The van der Waals surface area contributed by atoms with Crippen LogP contribution in [0.25, 0.3) is 0 Å². The van der Waals surface area contributed by atoms with Gasteiger partial charge in [-0.1, -0.05) is 5.21 Å². The molecule has 0 aliphatic rings. The number of nitrogens with zero attached hydrogens (tertiary/aromatic N) is 4. The molecule has 8 heteroatoms. The van der Waals surface area contributed by atoms with E-state index in [9.17, 15) is 5.11 Å². The third-order valence-electron chi connectivity index (χ3n) is 2.03. The normalized spacial score (nSPS) is 9.59. The summed E-state index contributed by atoms with van der Waals surface area (Å²) in [6, 6.07) is 0. The predicted molar refractivity (Wildman–Crippen MR) is 56.7 cm³/mol. The molecule has 0 amide bonds. The number of aliphatic hydroxyl groups is 2. The van der Waals surface area contributed by atoms with E-state index in [1.165, 1.54) is 12.5 Å². The molecule has 0 aromatic carbocycles. The van der Waals surface area contributed by atoms with Crippen LogP contribution in [-0.4, -0.2) is 40.9 Å². The van der Waals surface area contributed by atoms with Gasteiger partial charge in [-0.25, -0.2) is 0 Å². The first kappa shape index (κ1) is 13.0. The van der Waals surface area contributed by atoms with Gasteiger partial charge in [-0.05, 0) is 6.92 Å². The molecule has 17 heavy (non-hydrogen) atoms. The van der Waals surface area contributed by atoms with Gasteiger partial charge in [0.15, 0.2) is 6.33 Å². The molecule has 92 valence electrons. The topological polar surface area (TPSA) is 128 Å². The van der Waals surface area contributed by atoms with E-state index in [1.807, 2.05) is 0 Å². The van der Waals surface area contributed by atoms with E-state index in [4.69, 9.17) is 10.2 Å². The van der Waals surface area contributed by atoms with Gasteiger partial charge in [0.25, 0.3) is 0 Å². The maximum atomic E-state index is 9.38. The Bertz CT molecular complexity index is 429. The molecule has 0 bridgehead atoms. The summed E-state index contributed by atoms with van der Waals surface area (Å²) in [5.74, 6) is -0.0379. The summed E-state index contributed by atoms with van der Waals surface area (Å²) < 4.78 is 0. The van der Waals surface area contributed by atoms with E-state index in [-0.39, 0.29) is 19.0 Å². The lowest BCUT2D eigenvalue weighted by atomic mass is 10.1.